The SMILES string of the molecule is COc1c(C2CCNCC2)cc2c(c1Br)OCCO2. The molecule has 1 aromatic rings. The van der Waals surface area contributed by atoms with Crippen molar-refractivity contribution >= 4 is 15.9 Å². The number of benzene rings is 1. The maximum atomic E-state index is 5.71. The molecule has 0 amide bonds. The second-order valence-electron chi connectivity index (χ2n) is 4.86. The molecule has 2 aliphatic heterocycles. The Labute approximate surface area is 121 Å². The molecule has 0 atom stereocenters. The van der Waals surface area contributed by atoms with E-state index in [0.717, 1.165) is 47.7 Å². The van der Waals surface area contributed by atoms with E-state index in [1.165, 1.54) is 5.56 Å². The molecule has 0 bridgehead atoms. The van der Waals surface area contributed by atoms with E-state index in [4.69, 9.17) is 14.2 Å². The van der Waals surface area contributed by atoms with Crippen LogP contribution in [0.2, 0.25) is 0 Å². The number of piperidine rings is 1. The van der Waals surface area contributed by atoms with E-state index in [0.29, 0.717) is 19.1 Å². The first-order chi connectivity index (χ1) is 9.31. The van der Waals surface area contributed by atoms with Gasteiger partial charge >= 0.3 is 0 Å². The summed E-state index contributed by atoms with van der Waals surface area (Å²) in [7, 11) is 1.71. The molecule has 104 valence electrons. The zero-order valence-corrected chi connectivity index (χ0v) is 12.6. The minimum Gasteiger partial charge on any atom is -0.495 e. The summed E-state index contributed by atoms with van der Waals surface area (Å²) in [5.41, 5.74) is 1.22. The molecule has 1 aromatic carbocycles. The predicted molar refractivity (Wildman–Crippen MR) is 76.5 cm³/mol. The second-order valence-corrected chi connectivity index (χ2v) is 5.65. The molecule has 19 heavy (non-hydrogen) atoms. The van der Waals surface area contributed by atoms with E-state index in [2.05, 4.69) is 27.3 Å². The minimum atomic E-state index is 0.517. The fourth-order valence-electron chi connectivity index (χ4n) is 2.79. The van der Waals surface area contributed by atoms with Crippen LogP contribution in [0.15, 0.2) is 10.5 Å². The lowest BCUT2D eigenvalue weighted by atomic mass is 9.89. The fraction of sp³-hybridized carbons (Fsp3) is 0.571. The standard InChI is InChI=1S/C14H18BrNO3/c1-17-13-10(9-2-4-16-5-3-9)8-11-14(12(13)15)19-7-6-18-11/h8-9,16H,2-7H2,1H3. The molecule has 0 radical (unpaired) electrons. The third-order valence-corrected chi connectivity index (χ3v) is 4.46. The lowest BCUT2D eigenvalue weighted by molar-refractivity contribution is 0.169. The van der Waals surface area contributed by atoms with Crippen molar-refractivity contribution in [1.82, 2.24) is 5.32 Å². The summed E-state index contributed by atoms with van der Waals surface area (Å²) in [4.78, 5) is 0. The third-order valence-electron chi connectivity index (χ3n) is 3.74. The van der Waals surface area contributed by atoms with Crippen LogP contribution in [0.25, 0.3) is 0 Å². The quantitative estimate of drug-likeness (QED) is 0.906. The van der Waals surface area contributed by atoms with Gasteiger partial charge in [0.05, 0.1) is 7.11 Å². The molecule has 1 saturated heterocycles. The van der Waals surface area contributed by atoms with Crippen LogP contribution in [0.3, 0.4) is 0 Å². The molecule has 5 heteroatoms. The number of hydrogen-bond donors (Lipinski definition) is 1. The van der Waals surface area contributed by atoms with Crippen LogP contribution in [-0.2, 0) is 0 Å². The van der Waals surface area contributed by atoms with Gasteiger partial charge in [0.1, 0.15) is 23.4 Å². The van der Waals surface area contributed by atoms with Gasteiger partial charge in [-0.1, -0.05) is 0 Å². The van der Waals surface area contributed by atoms with E-state index in [1.807, 2.05) is 0 Å². The fourth-order valence-corrected chi connectivity index (χ4v) is 3.49. The largest absolute Gasteiger partial charge is 0.495 e. The van der Waals surface area contributed by atoms with Gasteiger partial charge in [-0.15, -0.1) is 0 Å². The van der Waals surface area contributed by atoms with E-state index >= 15 is 0 Å². The lowest BCUT2D eigenvalue weighted by Gasteiger charge is -2.28. The monoisotopic (exact) mass is 327 g/mol. The molecular weight excluding hydrogens is 310 g/mol. The molecule has 0 aromatic heterocycles. The Kier molecular flexibility index (Phi) is 3.84. The molecule has 3 rings (SSSR count). The molecular formula is C14H18BrNO3. The van der Waals surface area contributed by atoms with Crippen molar-refractivity contribution in [2.24, 2.45) is 0 Å². The summed E-state index contributed by atoms with van der Waals surface area (Å²) in [6.07, 6.45) is 2.25. The van der Waals surface area contributed by atoms with Crippen molar-refractivity contribution in [3.05, 3.63) is 16.1 Å². The highest BCUT2D eigenvalue weighted by molar-refractivity contribution is 9.10. The summed E-state index contributed by atoms with van der Waals surface area (Å²) < 4.78 is 17.9. The van der Waals surface area contributed by atoms with Gasteiger partial charge in [-0.05, 0) is 53.8 Å². The maximum Gasteiger partial charge on any atom is 0.179 e. The zero-order chi connectivity index (χ0) is 13.2. The van der Waals surface area contributed by atoms with Gasteiger partial charge < -0.3 is 19.5 Å². The van der Waals surface area contributed by atoms with Gasteiger partial charge in [0.2, 0.25) is 0 Å². The van der Waals surface area contributed by atoms with Crippen LogP contribution in [0, 0.1) is 0 Å². The Morgan fingerprint density at radius 2 is 2.00 bits per heavy atom. The van der Waals surface area contributed by atoms with Crippen molar-refractivity contribution in [1.29, 1.82) is 0 Å². The molecule has 0 aliphatic carbocycles. The number of ether oxygens (including phenoxy) is 3. The first-order valence-electron chi connectivity index (χ1n) is 6.68. The van der Waals surface area contributed by atoms with Crippen LogP contribution in [0.5, 0.6) is 17.2 Å². The molecule has 4 nitrogen and oxygen atoms in total. The third kappa shape index (κ3) is 2.41. The van der Waals surface area contributed by atoms with Gasteiger partial charge in [0.15, 0.2) is 11.5 Å². The molecule has 0 spiro atoms. The van der Waals surface area contributed by atoms with Crippen molar-refractivity contribution in [2.75, 3.05) is 33.4 Å². The molecule has 1 N–H and O–H groups in total. The van der Waals surface area contributed by atoms with Gasteiger partial charge in [-0.25, -0.2) is 0 Å². The maximum absolute atomic E-state index is 5.71. The minimum absolute atomic E-state index is 0.517. The van der Waals surface area contributed by atoms with E-state index < -0.39 is 0 Å². The number of halogens is 1. The number of fused-ring (bicyclic) bond motifs is 1. The van der Waals surface area contributed by atoms with Crippen LogP contribution in [0.1, 0.15) is 24.3 Å². The Balaban J connectivity index is 2.04. The average molecular weight is 328 g/mol. The lowest BCUT2D eigenvalue weighted by Crippen LogP contribution is -2.27. The van der Waals surface area contributed by atoms with Gasteiger partial charge in [-0.2, -0.15) is 0 Å². The Bertz CT molecular complexity index is 472. The van der Waals surface area contributed by atoms with Crippen molar-refractivity contribution in [2.45, 2.75) is 18.8 Å². The first kappa shape index (κ1) is 13.1. The van der Waals surface area contributed by atoms with Crippen molar-refractivity contribution < 1.29 is 14.2 Å². The highest BCUT2D eigenvalue weighted by Gasteiger charge is 2.27. The number of hydrogen-bond acceptors (Lipinski definition) is 4. The highest BCUT2D eigenvalue weighted by Crippen LogP contribution is 2.48. The summed E-state index contributed by atoms with van der Waals surface area (Å²) in [6.45, 7) is 3.30. The summed E-state index contributed by atoms with van der Waals surface area (Å²) in [5, 5.41) is 3.39. The normalized spacial score (nSPS) is 19.3. The summed E-state index contributed by atoms with van der Waals surface area (Å²) in [5.74, 6) is 2.99. The predicted octanol–water partition coefficient (Wildman–Crippen LogP) is 2.70. The number of nitrogens with one attached hydrogen (secondary N) is 1. The van der Waals surface area contributed by atoms with E-state index in [1.54, 1.807) is 7.11 Å². The van der Waals surface area contributed by atoms with Gasteiger partial charge in [-0.3, -0.25) is 0 Å². The smallest absolute Gasteiger partial charge is 0.179 e. The summed E-state index contributed by atoms with van der Waals surface area (Å²) >= 11 is 3.60. The van der Waals surface area contributed by atoms with Crippen LogP contribution in [0.4, 0.5) is 0 Å². The molecule has 0 saturated carbocycles. The van der Waals surface area contributed by atoms with Crippen molar-refractivity contribution in [3.63, 3.8) is 0 Å². The van der Waals surface area contributed by atoms with E-state index in [9.17, 15) is 0 Å². The zero-order valence-electron chi connectivity index (χ0n) is 11.0. The topological polar surface area (TPSA) is 39.7 Å². The van der Waals surface area contributed by atoms with Crippen LogP contribution < -0.4 is 19.5 Å². The molecule has 2 aliphatic rings. The Morgan fingerprint density at radius 1 is 1.26 bits per heavy atom. The Morgan fingerprint density at radius 3 is 2.74 bits per heavy atom. The van der Waals surface area contributed by atoms with Crippen LogP contribution >= 0.6 is 15.9 Å². The average Bonchev–Trinajstić information content (AvgIpc) is 2.48. The second kappa shape index (κ2) is 5.59. The number of rotatable bonds is 2. The van der Waals surface area contributed by atoms with Gasteiger partial charge in [0.25, 0.3) is 0 Å². The first-order valence-corrected chi connectivity index (χ1v) is 7.47. The van der Waals surface area contributed by atoms with E-state index in [-0.39, 0.29) is 0 Å². The highest BCUT2D eigenvalue weighted by atomic mass is 79.9. The van der Waals surface area contributed by atoms with Crippen LogP contribution in [-0.4, -0.2) is 33.4 Å². The molecule has 0 unspecified atom stereocenters. The molecule has 1 fully saturated rings. The Hall–Kier alpha value is -0.940. The van der Waals surface area contributed by atoms with Crippen molar-refractivity contribution in [3.8, 4) is 17.2 Å². The summed E-state index contributed by atoms with van der Waals surface area (Å²) in [6, 6.07) is 2.09. The van der Waals surface area contributed by atoms with Gasteiger partial charge in [0, 0.05) is 5.56 Å². The molecule has 2 heterocycles. The number of methoxy groups -OCH3 is 1.